The number of nitrogens with zero attached hydrogens (tertiary/aromatic N) is 4. The Morgan fingerprint density at radius 2 is 0.900 bits per heavy atom. The Hall–Kier alpha value is -8.84. The predicted octanol–water partition coefficient (Wildman–Crippen LogP) is 16.1. The summed E-state index contributed by atoms with van der Waals surface area (Å²) in [5, 5.41) is 13.7. The summed E-state index contributed by atoms with van der Waals surface area (Å²) in [5.74, 6) is 0.804. The number of aromatic nitrogens is 3. The highest BCUT2D eigenvalue weighted by Gasteiger charge is 2.33. The van der Waals surface area contributed by atoms with Crippen LogP contribution < -0.4 is 5.32 Å². The van der Waals surface area contributed by atoms with Crippen molar-refractivity contribution in [2.24, 2.45) is 4.99 Å². The Balaban J connectivity index is 0.943. The molecule has 0 bridgehead atoms. The smallest absolute Gasteiger partial charge is 0.209 e. The monoisotopic (exact) mass is 911 g/mol. The normalized spacial score (nSPS) is 14.9. The van der Waals surface area contributed by atoms with Gasteiger partial charge >= 0.3 is 0 Å². The van der Waals surface area contributed by atoms with Crippen LogP contribution in [0.2, 0.25) is 0 Å². The summed E-state index contributed by atoms with van der Waals surface area (Å²) in [7, 11) is 0. The molecule has 70 heavy (non-hydrogen) atoms. The first-order valence-electron chi connectivity index (χ1n) is 23.9. The third kappa shape index (κ3) is 5.90. The van der Waals surface area contributed by atoms with Crippen molar-refractivity contribution in [3.05, 3.63) is 253 Å². The summed E-state index contributed by atoms with van der Waals surface area (Å²) >= 11 is 1.83. The predicted molar refractivity (Wildman–Crippen MR) is 296 cm³/mol. The van der Waals surface area contributed by atoms with E-state index in [0.29, 0.717) is 0 Å². The van der Waals surface area contributed by atoms with E-state index in [1.807, 2.05) is 11.8 Å². The number of hydrogen-bond donors (Lipinski definition) is 1. The Kier molecular flexibility index (Phi) is 8.59. The van der Waals surface area contributed by atoms with E-state index in [1.165, 1.54) is 91.7 Å². The maximum Gasteiger partial charge on any atom is 0.209 e. The molecular formula is C64H41N5S. The van der Waals surface area contributed by atoms with Crippen LogP contribution in [0.5, 0.6) is 0 Å². The van der Waals surface area contributed by atoms with Crippen molar-refractivity contribution in [3.8, 4) is 22.5 Å². The van der Waals surface area contributed by atoms with Crippen molar-refractivity contribution < 1.29 is 0 Å². The SMILES string of the molecule is C1=C(c2ccccc2)SC2=C(c3ccc4c(c3)c3ccccc3n4-c3ccccc3)N=C(n3c4ccc(-c5ccc6c7ccccc7n(-c7ccccc7)c6c5)cc4c4c5ccccc5ccc43)NC12. The van der Waals surface area contributed by atoms with E-state index >= 15 is 0 Å². The molecule has 1 unspecified atom stereocenters. The third-order valence-corrected chi connectivity index (χ3v) is 15.7. The zero-order valence-electron chi connectivity index (χ0n) is 37.8. The van der Waals surface area contributed by atoms with Crippen molar-refractivity contribution in [2.75, 3.05) is 0 Å². The van der Waals surface area contributed by atoms with Gasteiger partial charge in [0.25, 0.3) is 0 Å². The first-order valence-corrected chi connectivity index (χ1v) is 24.7. The molecule has 10 aromatic carbocycles. The van der Waals surface area contributed by atoms with Gasteiger partial charge in [-0.25, -0.2) is 4.99 Å². The zero-order valence-corrected chi connectivity index (χ0v) is 38.6. The Morgan fingerprint density at radius 1 is 0.371 bits per heavy atom. The van der Waals surface area contributed by atoms with Crippen molar-refractivity contribution >= 4 is 105 Å². The van der Waals surface area contributed by atoms with Gasteiger partial charge in [0.05, 0.1) is 44.8 Å². The molecule has 3 aromatic heterocycles. The van der Waals surface area contributed by atoms with Crippen LogP contribution in [-0.2, 0) is 0 Å². The average molecular weight is 912 g/mol. The molecule has 15 rings (SSSR count). The Labute approximate surface area is 407 Å². The first kappa shape index (κ1) is 39.2. The van der Waals surface area contributed by atoms with Gasteiger partial charge < -0.3 is 14.5 Å². The lowest BCUT2D eigenvalue weighted by atomic mass is 9.99. The second kappa shape index (κ2) is 15.3. The topological polar surface area (TPSA) is 39.2 Å². The molecular weight excluding hydrogens is 871 g/mol. The highest BCUT2D eigenvalue weighted by Crippen LogP contribution is 2.49. The number of fused-ring (bicyclic) bond motifs is 12. The standard InChI is InChI=1S/C64H41N5S/c1-4-17-41(18-5-1)60-39-53-63(70-60)62(44-31-34-56-51(37-44)49-25-13-15-27-55(49)67(56)45-19-6-2-7-20-45)66-64(65-53)69-57-33-30-42(36-52(57)61-47-23-11-10-16-40(47)29-35-58(61)69)43-28-32-50-48-24-12-14-26-54(48)68(59(50)38-43)46-21-8-3-9-22-46/h1-39,53H,(H,65,66). The van der Waals surface area contributed by atoms with E-state index < -0.39 is 0 Å². The fourth-order valence-corrected chi connectivity index (χ4v) is 12.5. The van der Waals surface area contributed by atoms with Crippen LogP contribution >= 0.6 is 11.8 Å². The van der Waals surface area contributed by atoms with E-state index in [4.69, 9.17) is 4.99 Å². The van der Waals surface area contributed by atoms with Crippen molar-refractivity contribution in [3.63, 3.8) is 0 Å². The number of rotatable bonds is 5. The molecule has 0 radical (unpaired) electrons. The Morgan fingerprint density at radius 3 is 1.64 bits per heavy atom. The fourth-order valence-electron chi connectivity index (χ4n) is 11.3. The van der Waals surface area contributed by atoms with Crippen LogP contribution in [0.1, 0.15) is 11.1 Å². The van der Waals surface area contributed by atoms with Gasteiger partial charge in [-0.15, -0.1) is 0 Å². The van der Waals surface area contributed by atoms with Gasteiger partial charge in [0.15, 0.2) is 0 Å². The van der Waals surface area contributed by atoms with Crippen LogP contribution in [0.4, 0.5) is 0 Å². The van der Waals surface area contributed by atoms with Crippen molar-refractivity contribution in [1.29, 1.82) is 0 Å². The number of hydrogen-bond acceptors (Lipinski definition) is 3. The molecule has 1 N–H and O–H groups in total. The number of aliphatic imine (C=N–C) groups is 1. The van der Waals surface area contributed by atoms with Crippen LogP contribution in [0.3, 0.4) is 0 Å². The lowest BCUT2D eigenvalue weighted by Gasteiger charge is -2.25. The molecule has 6 heteroatoms. The molecule has 0 saturated heterocycles. The van der Waals surface area contributed by atoms with Gasteiger partial charge in [-0.1, -0.05) is 169 Å². The lowest BCUT2D eigenvalue weighted by Crippen LogP contribution is -2.40. The summed E-state index contributed by atoms with van der Waals surface area (Å²) in [6.45, 7) is 0. The summed E-state index contributed by atoms with van der Waals surface area (Å²) < 4.78 is 7.15. The zero-order chi connectivity index (χ0) is 45.9. The van der Waals surface area contributed by atoms with E-state index in [0.717, 1.165) is 39.6 Å². The first-order chi connectivity index (χ1) is 34.7. The van der Waals surface area contributed by atoms with Crippen LogP contribution in [0, 0.1) is 0 Å². The number of benzene rings is 10. The van der Waals surface area contributed by atoms with E-state index in [9.17, 15) is 0 Å². The van der Waals surface area contributed by atoms with E-state index in [1.54, 1.807) is 0 Å². The molecule has 5 heterocycles. The minimum Gasteiger partial charge on any atom is -0.344 e. The minimum absolute atomic E-state index is 0.0839. The molecule has 0 amide bonds. The largest absolute Gasteiger partial charge is 0.344 e. The highest BCUT2D eigenvalue weighted by molar-refractivity contribution is 8.12. The van der Waals surface area contributed by atoms with Gasteiger partial charge in [0.1, 0.15) is 0 Å². The number of nitrogens with one attached hydrogen (secondary N) is 1. The third-order valence-electron chi connectivity index (χ3n) is 14.5. The second-order valence-corrected chi connectivity index (χ2v) is 19.4. The fraction of sp³-hybridized carbons (Fsp3) is 0.0156. The minimum atomic E-state index is -0.0839. The Bertz CT molecular complexity index is 4400. The van der Waals surface area contributed by atoms with Gasteiger partial charge in [0, 0.05) is 59.1 Å². The quantitative estimate of drug-likeness (QED) is 0.187. The molecule has 0 aliphatic carbocycles. The molecule has 1 atom stereocenters. The number of thioether (sulfide) groups is 1. The molecule has 0 saturated carbocycles. The van der Waals surface area contributed by atoms with Crippen LogP contribution in [0.15, 0.2) is 246 Å². The van der Waals surface area contributed by atoms with Crippen molar-refractivity contribution in [1.82, 2.24) is 19.0 Å². The molecule has 2 aliphatic heterocycles. The summed E-state index contributed by atoms with van der Waals surface area (Å²) in [4.78, 5) is 8.18. The van der Waals surface area contributed by atoms with E-state index in [-0.39, 0.29) is 6.04 Å². The van der Waals surface area contributed by atoms with Crippen LogP contribution in [0.25, 0.3) is 109 Å². The summed E-state index contributed by atoms with van der Waals surface area (Å²) in [6, 6.07) is 83.7. The van der Waals surface area contributed by atoms with Gasteiger partial charge in [-0.2, -0.15) is 0 Å². The maximum atomic E-state index is 5.76. The molecule has 0 spiro atoms. The molecule has 0 fully saturated rings. The highest BCUT2D eigenvalue weighted by atomic mass is 32.2. The van der Waals surface area contributed by atoms with Crippen molar-refractivity contribution in [2.45, 2.75) is 6.04 Å². The lowest BCUT2D eigenvalue weighted by molar-refractivity contribution is 0.835. The summed E-state index contributed by atoms with van der Waals surface area (Å²) in [5.41, 5.74) is 14.9. The number of para-hydroxylation sites is 4. The molecule has 2 aliphatic rings. The van der Waals surface area contributed by atoms with Crippen LogP contribution in [-0.4, -0.2) is 25.7 Å². The molecule has 328 valence electrons. The molecule has 5 nitrogen and oxygen atoms in total. The maximum absolute atomic E-state index is 5.76. The summed E-state index contributed by atoms with van der Waals surface area (Å²) in [6.07, 6.45) is 2.38. The van der Waals surface area contributed by atoms with E-state index in [2.05, 4.69) is 256 Å². The van der Waals surface area contributed by atoms with Gasteiger partial charge in [-0.05, 0) is 106 Å². The molecule has 13 aromatic rings. The van der Waals surface area contributed by atoms with Gasteiger partial charge in [0.2, 0.25) is 5.96 Å². The second-order valence-electron chi connectivity index (χ2n) is 18.4. The van der Waals surface area contributed by atoms with Gasteiger partial charge in [-0.3, -0.25) is 4.57 Å². The average Bonchev–Trinajstić information content (AvgIpc) is 4.19.